The van der Waals surface area contributed by atoms with Crippen molar-refractivity contribution in [3.8, 4) is 11.4 Å². The maximum absolute atomic E-state index is 12.4. The van der Waals surface area contributed by atoms with Crippen LogP contribution in [-0.2, 0) is 6.54 Å². The molecule has 1 amide bonds. The Bertz CT molecular complexity index is 890. The summed E-state index contributed by atoms with van der Waals surface area (Å²) < 4.78 is 7.81. The highest BCUT2D eigenvalue weighted by Crippen LogP contribution is 2.16. The quantitative estimate of drug-likeness (QED) is 0.713. The second kappa shape index (κ2) is 7.48. The average molecular weight is 401 g/mol. The van der Waals surface area contributed by atoms with E-state index in [9.17, 15) is 4.79 Å². The molecule has 0 unspecified atom stereocenters. The van der Waals surface area contributed by atoms with Gasteiger partial charge < -0.3 is 10.1 Å². The van der Waals surface area contributed by atoms with Crippen LogP contribution < -0.4 is 10.1 Å². The van der Waals surface area contributed by atoms with Gasteiger partial charge in [-0.05, 0) is 48.9 Å². The van der Waals surface area contributed by atoms with Crippen LogP contribution in [0.2, 0.25) is 0 Å². The van der Waals surface area contributed by atoms with Crippen LogP contribution in [0.1, 0.15) is 21.7 Å². The van der Waals surface area contributed by atoms with E-state index in [0.717, 1.165) is 21.5 Å². The highest BCUT2D eigenvalue weighted by Gasteiger charge is 2.17. The first-order valence-corrected chi connectivity index (χ1v) is 8.47. The van der Waals surface area contributed by atoms with Crippen molar-refractivity contribution in [2.24, 2.45) is 0 Å². The Labute approximate surface area is 153 Å². The summed E-state index contributed by atoms with van der Waals surface area (Å²) in [7, 11) is 1.61. The van der Waals surface area contributed by atoms with Gasteiger partial charge in [0.25, 0.3) is 5.91 Å². The maximum Gasteiger partial charge on any atom is 0.274 e. The van der Waals surface area contributed by atoms with Crippen molar-refractivity contribution in [2.75, 3.05) is 7.11 Å². The van der Waals surface area contributed by atoms with Crippen molar-refractivity contribution >= 4 is 21.8 Å². The van der Waals surface area contributed by atoms with Crippen molar-refractivity contribution in [3.05, 3.63) is 70.0 Å². The molecule has 1 N–H and O–H groups in total. The molecule has 0 spiro atoms. The zero-order valence-electron chi connectivity index (χ0n) is 13.9. The second-order valence-electron chi connectivity index (χ2n) is 5.45. The molecule has 6 nitrogen and oxygen atoms in total. The van der Waals surface area contributed by atoms with Gasteiger partial charge >= 0.3 is 0 Å². The lowest BCUT2D eigenvalue weighted by Gasteiger charge is -2.07. The Balaban J connectivity index is 1.73. The molecule has 0 aliphatic heterocycles. The van der Waals surface area contributed by atoms with Crippen LogP contribution in [0.3, 0.4) is 0 Å². The second-order valence-corrected chi connectivity index (χ2v) is 6.36. The average Bonchev–Trinajstić information content (AvgIpc) is 3.02. The number of ether oxygens (including phenoxy) is 1. The van der Waals surface area contributed by atoms with Crippen LogP contribution in [0.4, 0.5) is 0 Å². The third kappa shape index (κ3) is 3.88. The molecule has 7 heteroatoms. The van der Waals surface area contributed by atoms with Crippen molar-refractivity contribution in [1.29, 1.82) is 0 Å². The van der Waals surface area contributed by atoms with E-state index in [1.54, 1.807) is 11.8 Å². The fourth-order valence-corrected chi connectivity index (χ4v) is 2.68. The number of hydrogen-bond acceptors (Lipinski definition) is 4. The third-order valence-corrected chi connectivity index (χ3v) is 4.30. The molecule has 1 heterocycles. The van der Waals surface area contributed by atoms with Gasteiger partial charge in [-0.15, -0.1) is 5.10 Å². The first kappa shape index (κ1) is 17.2. The number of nitrogens with zero attached hydrogens (tertiary/aromatic N) is 3. The van der Waals surface area contributed by atoms with Crippen molar-refractivity contribution < 1.29 is 9.53 Å². The van der Waals surface area contributed by atoms with Gasteiger partial charge in [0.15, 0.2) is 5.69 Å². The van der Waals surface area contributed by atoms with Crippen molar-refractivity contribution in [1.82, 2.24) is 20.3 Å². The predicted octanol–water partition coefficient (Wildman–Crippen LogP) is 3.28. The van der Waals surface area contributed by atoms with Gasteiger partial charge in [0, 0.05) is 11.0 Å². The molecule has 128 valence electrons. The van der Waals surface area contributed by atoms with Crippen LogP contribution in [0.15, 0.2) is 53.0 Å². The Morgan fingerprint density at radius 1 is 1.24 bits per heavy atom. The summed E-state index contributed by atoms with van der Waals surface area (Å²) >= 11 is 3.40. The van der Waals surface area contributed by atoms with Gasteiger partial charge in [-0.3, -0.25) is 4.79 Å². The molecule has 25 heavy (non-hydrogen) atoms. The zero-order chi connectivity index (χ0) is 17.8. The van der Waals surface area contributed by atoms with Crippen LogP contribution in [0.25, 0.3) is 5.69 Å². The Morgan fingerprint density at radius 3 is 2.72 bits per heavy atom. The molecule has 0 saturated carbocycles. The molecule has 0 aliphatic rings. The molecule has 0 radical (unpaired) electrons. The summed E-state index contributed by atoms with van der Waals surface area (Å²) in [5.41, 5.74) is 2.79. The molecule has 0 aliphatic carbocycles. The summed E-state index contributed by atoms with van der Waals surface area (Å²) in [6.45, 7) is 2.21. The Hall–Kier alpha value is -2.67. The highest BCUT2D eigenvalue weighted by atomic mass is 79.9. The lowest BCUT2D eigenvalue weighted by atomic mass is 10.2. The van der Waals surface area contributed by atoms with Crippen molar-refractivity contribution in [2.45, 2.75) is 13.5 Å². The Morgan fingerprint density at radius 2 is 2.00 bits per heavy atom. The minimum atomic E-state index is -0.260. The first-order valence-electron chi connectivity index (χ1n) is 7.68. The molecular weight excluding hydrogens is 384 g/mol. The number of halogens is 1. The topological polar surface area (TPSA) is 69.0 Å². The van der Waals surface area contributed by atoms with E-state index >= 15 is 0 Å². The fourth-order valence-electron chi connectivity index (χ4n) is 2.41. The van der Waals surface area contributed by atoms with E-state index in [4.69, 9.17) is 4.74 Å². The monoisotopic (exact) mass is 400 g/mol. The van der Waals surface area contributed by atoms with Crippen molar-refractivity contribution in [3.63, 3.8) is 0 Å². The number of benzene rings is 2. The Kier molecular flexibility index (Phi) is 5.14. The molecule has 3 rings (SSSR count). The number of carbonyl (C=O) groups is 1. The smallest absolute Gasteiger partial charge is 0.274 e. The van der Waals surface area contributed by atoms with Gasteiger partial charge in [-0.1, -0.05) is 33.3 Å². The zero-order valence-corrected chi connectivity index (χ0v) is 15.4. The SMILES string of the molecule is COc1cccc(CNC(=O)c2nnn(-c3ccc(Br)cc3)c2C)c1. The van der Waals surface area contributed by atoms with Crippen LogP contribution >= 0.6 is 15.9 Å². The van der Waals surface area contributed by atoms with Crippen LogP contribution in [0.5, 0.6) is 5.75 Å². The maximum atomic E-state index is 12.4. The number of methoxy groups -OCH3 is 1. The highest BCUT2D eigenvalue weighted by molar-refractivity contribution is 9.10. The van der Waals surface area contributed by atoms with Crippen LogP contribution in [0, 0.1) is 6.92 Å². The van der Waals surface area contributed by atoms with E-state index in [1.807, 2.05) is 55.5 Å². The van der Waals surface area contributed by atoms with Gasteiger partial charge in [-0.2, -0.15) is 0 Å². The third-order valence-electron chi connectivity index (χ3n) is 3.77. The molecule has 0 saturated heterocycles. The number of hydrogen-bond donors (Lipinski definition) is 1. The summed E-state index contributed by atoms with van der Waals surface area (Å²) in [6, 6.07) is 15.2. The van der Waals surface area contributed by atoms with E-state index < -0.39 is 0 Å². The van der Waals surface area contributed by atoms with E-state index in [2.05, 4.69) is 31.6 Å². The van der Waals surface area contributed by atoms with Crippen LogP contribution in [-0.4, -0.2) is 28.0 Å². The molecule has 0 bridgehead atoms. The fraction of sp³-hybridized carbons (Fsp3) is 0.167. The summed E-state index contributed by atoms with van der Waals surface area (Å²) in [5.74, 6) is 0.493. The van der Waals surface area contributed by atoms with Gasteiger partial charge in [0.05, 0.1) is 18.5 Å². The molecule has 0 atom stereocenters. The number of nitrogens with one attached hydrogen (secondary N) is 1. The minimum absolute atomic E-state index is 0.260. The number of carbonyl (C=O) groups excluding carboxylic acids is 1. The van der Waals surface area contributed by atoms with Gasteiger partial charge in [-0.25, -0.2) is 4.68 Å². The largest absolute Gasteiger partial charge is 0.497 e. The molecule has 1 aromatic heterocycles. The minimum Gasteiger partial charge on any atom is -0.497 e. The predicted molar refractivity (Wildman–Crippen MR) is 98.0 cm³/mol. The molecular formula is C18H17BrN4O2. The summed E-state index contributed by atoms with van der Waals surface area (Å²) in [6.07, 6.45) is 0. The van der Waals surface area contributed by atoms with E-state index in [1.165, 1.54) is 0 Å². The molecule has 2 aromatic carbocycles. The molecule has 3 aromatic rings. The summed E-state index contributed by atoms with van der Waals surface area (Å²) in [5, 5.41) is 11.0. The standard InChI is InChI=1S/C18H17BrN4O2/c1-12-17(21-22-23(12)15-8-6-14(19)7-9-15)18(24)20-11-13-4-3-5-16(10-13)25-2/h3-10H,11H2,1-2H3,(H,20,24). The number of aromatic nitrogens is 3. The normalized spacial score (nSPS) is 10.5. The lowest BCUT2D eigenvalue weighted by molar-refractivity contribution is 0.0945. The number of rotatable bonds is 5. The van der Waals surface area contributed by atoms with Gasteiger partial charge in [0.1, 0.15) is 5.75 Å². The lowest BCUT2D eigenvalue weighted by Crippen LogP contribution is -2.24. The molecule has 0 fully saturated rings. The van der Waals surface area contributed by atoms with E-state index in [-0.39, 0.29) is 5.91 Å². The first-order chi connectivity index (χ1) is 12.1. The summed E-state index contributed by atoms with van der Waals surface area (Å²) in [4.78, 5) is 12.4. The number of amides is 1. The van der Waals surface area contributed by atoms with E-state index in [0.29, 0.717) is 17.9 Å². The van der Waals surface area contributed by atoms with Gasteiger partial charge in [0.2, 0.25) is 0 Å².